The van der Waals surface area contributed by atoms with Crippen molar-refractivity contribution in [1.29, 1.82) is 0 Å². The van der Waals surface area contributed by atoms with Gasteiger partial charge >= 0.3 is 0 Å². The van der Waals surface area contributed by atoms with Crippen LogP contribution < -0.4 is 11.5 Å². The lowest BCUT2D eigenvalue weighted by Crippen LogP contribution is -1.94. The fourth-order valence-electron chi connectivity index (χ4n) is 3.01. The first-order valence-electron chi connectivity index (χ1n) is 7.67. The molecule has 0 radical (unpaired) electrons. The highest BCUT2D eigenvalue weighted by Crippen LogP contribution is 2.40. The normalized spacial score (nSPS) is 11.5. The molecule has 0 atom stereocenters. The maximum atomic E-state index is 6.20. The van der Waals surface area contributed by atoms with Gasteiger partial charge < -0.3 is 11.5 Å². The van der Waals surface area contributed by atoms with E-state index in [9.17, 15) is 0 Å². The summed E-state index contributed by atoms with van der Waals surface area (Å²) in [4.78, 5) is 0. The number of thiophene rings is 1. The first-order chi connectivity index (χ1) is 10.2. The van der Waals surface area contributed by atoms with Crippen LogP contribution in [-0.2, 0) is 12.8 Å². The summed E-state index contributed by atoms with van der Waals surface area (Å²) in [5.74, 6) is 0. The number of aryl methyl sites for hydroxylation is 2. The smallest absolute Gasteiger partial charge is 0.0407 e. The molecule has 0 aliphatic rings. The Bertz CT molecular complexity index is 802. The van der Waals surface area contributed by atoms with E-state index in [1.54, 1.807) is 0 Å². The highest BCUT2D eigenvalue weighted by molar-refractivity contribution is 7.26. The van der Waals surface area contributed by atoms with Crippen molar-refractivity contribution in [1.82, 2.24) is 0 Å². The highest BCUT2D eigenvalue weighted by atomic mass is 32.1. The molecule has 2 nitrogen and oxygen atoms in total. The Labute approximate surface area is 129 Å². The maximum Gasteiger partial charge on any atom is 0.0407 e. The molecular formula is C18H22N2S. The van der Waals surface area contributed by atoms with E-state index in [1.807, 2.05) is 11.3 Å². The summed E-state index contributed by atoms with van der Waals surface area (Å²) in [6.45, 7) is 4.39. The van der Waals surface area contributed by atoms with E-state index in [-0.39, 0.29) is 0 Å². The minimum absolute atomic E-state index is 0.914. The van der Waals surface area contributed by atoms with E-state index in [0.717, 1.165) is 37.1 Å². The molecule has 0 spiro atoms. The van der Waals surface area contributed by atoms with Gasteiger partial charge in [0.1, 0.15) is 0 Å². The Kier molecular flexibility index (Phi) is 3.77. The minimum Gasteiger partial charge on any atom is -0.398 e. The minimum atomic E-state index is 0.914. The molecule has 0 aliphatic heterocycles. The summed E-state index contributed by atoms with van der Waals surface area (Å²) in [7, 11) is 0. The quantitative estimate of drug-likeness (QED) is 0.656. The monoisotopic (exact) mass is 298 g/mol. The summed E-state index contributed by atoms with van der Waals surface area (Å²) in [5, 5.41) is 2.65. The molecule has 4 N–H and O–H groups in total. The van der Waals surface area contributed by atoms with Crippen LogP contribution in [-0.4, -0.2) is 0 Å². The van der Waals surface area contributed by atoms with Crippen LogP contribution in [0.4, 0.5) is 11.4 Å². The molecule has 0 amide bonds. The molecule has 0 unspecified atom stereocenters. The first-order valence-corrected chi connectivity index (χ1v) is 8.49. The van der Waals surface area contributed by atoms with Gasteiger partial charge in [0.25, 0.3) is 0 Å². The molecule has 110 valence electrons. The predicted octanol–water partition coefficient (Wildman–Crippen LogP) is 5.12. The van der Waals surface area contributed by atoms with E-state index in [1.165, 1.54) is 31.3 Å². The zero-order valence-electron chi connectivity index (χ0n) is 12.7. The topological polar surface area (TPSA) is 52.0 Å². The standard InChI is InChI=1S/C18H22N2S/c1-3-5-11-9-14-12-7-8-15(19)13(6-4-2)18(12)21-17(14)10-16(11)20/h7-10H,3-6,19-20H2,1-2H3. The fourth-order valence-corrected chi connectivity index (χ4v) is 4.33. The molecule has 0 bridgehead atoms. The third kappa shape index (κ3) is 2.36. The number of anilines is 2. The zero-order valence-corrected chi connectivity index (χ0v) is 13.5. The van der Waals surface area contributed by atoms with Crippen LogP contribution >= 0.6 is 11.3 Å². The Morgan fingerprint density at radius 2 is 1.67 bits per heavy atom. The number of hydrogen-bond donors (Lipinski definition) is 2. The lowest BCUT2D eigenvalue weighted by Gasteiger charge is -2.06. The van der Waals surface area contributed by atoms with Crippen molar-refractivity contribution in [2.45, 2.75) is 39.5 Å². The third-order valence-electron chi connectivity index (χ3n) is 4.06. The van der Waals surface area contributed by atoms with Crippen LogP contribution in [0.25, 0.3) is 20.2 Å². The van der Waals surface area contributed by atoms with Crippen LogP contribution in [0.5, 0.6) is 0 Å². The SMILES string of the molecule is CCCc1cc2c(cc1N)sc1c(CCC)c(N)ccc12. The molecule has 1 aromatic heterocycles. The molecule has 0 saturated carbocycles. The first kappa shape index (κ1) is 14.2. The second-order valence-corrected chi connectivity index (χ2v) is 6.71. The van der Waals surface area contributed by atoms with Gasteiger partial charge in [-0.25, -0.2) is 0 Å². The number of rotatable bonds is 4. The molecule has 0 aliphatic carbocycles. The summed E-state index contributed by atoms with van der Waals surface area (Å²) >= 11 is 1.82. The average Bonchev–Trinajstić information content (AvgIpc) is 2.80. The van der Waals surface area contributed by atoms with E-state index >= 15 is 0 Å². The van der Waals surface area contributed by atoms with Gasteiger partial charge in [-0.05, 0) is 42.2 Å². The summed E-state index contributed by atoms with van der Waals surface area (Å²) in [6.07, 6.45) is 4.30. The van der Waals surface area contributed by atoms with Crippen molar-refractivity contribution in [3.05, 3.63) is 35.4 Å². The van der Waals surface area contributed by atoms with Gasteiger partial charge in [0, 0.05) is 31.5 Å². The second-order valence-electron chi connectivity index (χ2n) is 5.66. The van der Waals surface area contributed by atoms with Crippen LogP contribution in [0.2, 0.25) is 0 Å². The van der Waals surface area contributed by atoms with Crippen molar-refractivity contribution >= 4 is 42.9 Å². The Morgan fingerprint density at radius 3 is 2.38 bits per heavy atom. The Hall–Kier alpha value is -1.74. The second kappa shape index (κ2) is 5.57. The van der Waals surface area contributed by atoms with E-state index in [0.29, 0.717) is 0 Å². The molecule has 1 heterocycles. The predicted molar refractivity (Wildman–Crippen MR) is 96.1 cm³/mol. The number of fused-ring (bicyclic) bond motifs is 3. The zero-order chi connectivity index (χ0) is 15.0. The van der Waals surface area contributed by atoms with Crippen molar-refractivity contribution in [2.24, 2.45) is 0 Å². The molecule has 3 aromatic rings. The summed E-state index contributed by atoms with van der Waals surface area (Å²) in [6, 6.07) is 8.62. The van der Waals surface area contributed by atoms with Gasteiger partial charge in [-0.15, -0.1) is 11.3 Å². The highest BCUT2D eigenvalue weighted by Gasteiger charge is 2.13. The summed E-state index contributed by atoms with van der Waals surface area (Å²) in [5.41, 5.74) is 16.8. The number of hydrogen-bond acceptors (Lipinski definition) is 3. The Balaban J connectivity index is 2.32. The van der Waals surface area contributed by atoms with Crippen LogP contribution in [0.3, 0.4) is 0 Å². The molecule has 3 heteroatoms. The largest absolute Gasteiger partial charge is 0.398 e. The molecule has 2 aromatic carbocycles. The van der Waals surface area contributed by atoms with Gasteiger partial charge in [0.15, 0.2) is 0 Å². The van der Waals surface area contributed by atoms with Gasteiger partial charge in [-0.1, -0.05) is 32.8 Å². The average molecular weight is 298 g/mol. The van der Waals surface area contributed by atoms with Crippen molar-refractivity contribution in [3.8, 4) is 0 Å². The molecular weight excluding hydrogens is 276 g/mol. The van der Waals surface area contributed by atoms with Gasteiger partial charge in [0.2, 0.25) is 0 Å². The molecule has 3 rings (SSSR count). The molecule has 0 saturated heterocycles. The lowest BCUT2D eigenvalue weighted by molar-refractivity contribution is 0.926. The lowest BCUT2D eigenvalue weighted by atomic mass is 10.0. The van der Waals surface area contributed by atoms with E-state index in [4.69, 9.17) is 11.5 Å². The number of benzene rings is 2. The number of nitrogen functional groups attached to an aromatic ring is 2. The van der Waals surface area contributed by atoms with Crippen LogP contribution in [0.1, 0.15) is 37.8 Å². The molecule has 21 heavy (non-hydrogen) atoms. The fraction of sp³-hybridized carbons (Fsp3) is 0.333. The van der Waals surface area contributed by atoms with E-state index < -0.39 is 0 Å². The maximum absolute atomic E-state index is 6.20. The Morgan fingerprint density at radius 1 is 0.905 bits per heavy atom. The third-order valence-corrected chi connectivity index (χ3v) is 5.29. The van der Waals surface area contributed by atoms with Gasteiger partial charge in [-0.3, -0.25) is 0 Å². The van der Waals surface area contributed by atoms with E-state index in [2.05, 4.69) is 38.1 Å². The van der Waals surface area contributed by atoms with Gasteiger partial charge in [0.05, 0.1) is 0 Å². The number of nitrogens with two attached hydrogens (primary N) is 2. The molecule has 0 fully saturated rings. The van der Waals surface area contributed by atoms with Crippen molar-refractivity contribution in [3.63, 3.8) is 0 Å². The van der Waals surface area contributed by atoms with Gasteiger partial charge in [-0.2, -0.15) is 0 Å². The summed E-state index contributed by atoms with van der Waals surface area (Å²) < 4.78 is 2.60. The van der Waals surface area contributed by atoms with Crippen LogP contribution in [0, 0.1) is 0 Å². The van der Waals surface area contributed by atoms with Crippen molar-refractivity contribution < 1.29 is 0 Å². The van der Waals surface area contributed by atoms with Crippen LogP contribution in [0.15, 0.2) is 24.3 Å². The van der Waals surface area contributed by atoms with Crippen molar-refractivity contribution in [2.75, 3.05) is 11.5 Å².